The highest BCUT2D eigenvalue weighted by atomic mass is 35.5. The first kappa shape index (κ1) is 15.1. The fourth-order valence-electron chi connectivity index (χ4n) is 2.45. The van der Waals surface area contributed by atoms with Crippen LogP contribution in [0.5, 0.6) is 0 Å². The molecule has 0 bridgehead atoms. The predicted molar refractivity (Wildman–Crippen MR) is 96.4 cm³/mol. The van der Waals surface area contributed by atoms with Crippen LogP contribution in [-0.4, -0.2) is 0 Å². The number of alkyl halides is 2. The summed E-state index contributed by atoms with van der Waals surface area (Å²) >= 11 is 11.7. The van der Waals surface area contributed by atoms with Gasteiger partial charge in [0.1, 0.15) is 0 Å². The fraction of sp³-hybridized carbons (Fsp3) is 0.100. The van der Waals surface area contributed by atoms with Crippen LogP contribution < -0.4 is 0 Å². The summed E-state index contributed by atoms with van der Waals surface area (Å²) in [5.74, 6) is 1.10. The molecule has 0 aliphatic heterocycles. The average molecular weight is 327 g/mol. The Morgan fingerprint density at radius 3 is 1.27 bits per heavy atom. The Kier molecular flexibility index (Phi) is 4.82. The van der Waals surface area contributed by atoms with Crippen molar-refractivity contribution in [2.75, 3.05) is 0 Å². The highest BCUT2D eigenvalue weighted by Gasteiger charge is 2.02. The Balaban J connectivity index is 1.93. The lowest BCUT2D eigenvalue weighted by Crippen LogP contribution is -1.84. The first-order valence-electron chi connectivity index (χ1n) is 7.21. The van der Waals surface area contributed by atoms with E-state index in [2.05, 4.69) is 72.8 Å². The molecule has 110 valence electrons. The minimum atomic E-state index is 0.549. The average Bonchev–Trinajstić information content (AvgIpc) is 2.62. The van der Waals surface area contributed by atoms with Gasteiger partial charge in [0, 0.05) is 11.8 Å². The number of hydrogen-bond donors (Lipinski definition) is 0. The highest BCUT2D eigenvalue weighted by molar-refractivity contribution is 6.17. The van der Waals surface area contributed by atoms with Gasteiger partial charge >= 0.3 is 0 Å². The molecule has 3 aromatic carbocycles. The molecule has 2 heteroatoms. The fourth-order valence-corrected chi connectivity index (χ4v) is 2.81. The Morgan fingerprint density at radius 2 is 0.909 bits per heavy atom. The van der Waals surface area contributed by atoms with Crippen molar-refractivity contribution in [3.8, 4) is 22.3 Å². The lowest BCUT2D eigenvalue weighted by atomic mass is 9.98. The van der Waals surface area contributed by atoms with Crippen LogP contribution in [0.15, 0.2) is 72.8 Å². The van der Waals surface area contributed by atoms with Crippen molar-refractivity contribution in [2.45, 2.75) is 11.8 Å². The van der Waals surface area contributed by atoms with Crippen LogP contribution in [0.3, 0.4) is 0 Å². The minimum absolute atomic E-state index is 0.549. The molecule has 0 aliphatic rings. The molecule has 0 spiro atoms. The van der Waals surface area contributed by atoms with E-state index in [-0.39, 0.29) is 0 Å². The van der Waals surface area contributed by atoms with Crippen molar-refractivity contribution < 1.29 is 0 Å². The summed E-state index contributed by atoms with van der Waals surface area (Å²) in [5, 5.41) is 0. The zero-order chi connectivity index (χ0) is 15.4. The van der Waals surface area contributed by atoms with Gasteiger partial charge in [-0.1, -0.05) is 66.7 Å². The Bertz CT molecular complexity index is 681. The van der Waals surface area contributed by atoms with Crippen molar-refractivity contribution >= 4 is 23.2 Å². The largest absolute Gasteiger partial charge is 0.122 e. The summed E-state index contributed by atoms with van der Waals surface area (Å²) in [5.41, 5.74) is 7.10. The zero-order valence-electron chi connectivity index (χ0n) is 12.1. The predicted octanol–water partition coefficient (Wildman–Crippen LogP) is 6.50. The molecule has 0 radical (unpaired) electrons. The molecule has 22 heavy (non-hydrogen) atoms. The van der Waals surface area contributed by atoms with E-state index >= 15 is 0 Å². The molecule has 0 unspecified atom stereocenters. The van der Waals surface area contributed by atoms with Gasteiger partial charge in [-0.3, -0.25) is 0 Å². The molecule has 0 N–H and O–H groups in total. The second-order valence-corrected chi connectivity index (χ2v) is 5.78. The molecule has 0 amide bonds. The molecule has 3 aromatic rings. The molecule has 0 saturated carbocycles. The number of hydrogen-bond acceptors (Lipinski definition) is 0. The summed E-state index contributed by atoms with van der Waals surface area (Å²) in [6.45, 7) is 0. The molecule has 0 atom stereocenters. The van der Waals surface area contributed by atoms with Crippen LogP contribution in [0.4, 0.5) is 0 Å². The van der Waals surface area contributed by atoms with Gasteiger partial charge < -0.3 is 0 Å². The van der Waals surface area contributed by atoms with Crippen molar-refractivity contribution in [2.24, 2.45) is 0 Å². The maximum Gasteiger partial charge on any atom is 0.0474 e. The monoisotopic (exact) mass is 326 g/mol. The van der Waals surface area contributed by atoms with Crippen LogP contribution in [0.25, 0.3) is 22.3 Å². The molecule has 0 saturated heterocycles. The highest BCUT2D eigenvalue weighted by Crippen LogP contribution is 2.27. The van der Waals surface area contributed by atoms with Gasteiger partial charge in [-0.2, -0.15) is 0 Å². The third kappa shape index (κ3) is 3.35. The Labute approximate surface area is 141 Å². The van der Waals surface area contributed by atoms with E-state index in [1.165, 1.54) is 22.3 Å². The van der Waals surface area contributed by atoms with E-state index in [1.54, 1.807) is 0 Å². The van der Waals surface area contributed by atoms with E-state index in [4.69, 9.17) is 23.2 Å². The maximum atomic E-state index is 5.85. The molecule has 0 fully saturated rings. The molecule has 0 aliphatic carbocycles. The quantitative estimate of drug-likeness (QED) is 0.480. The summed E-state index contributed by atoms with van der Waals surface area (Å²) in [7, 11) is 0. The first-order valence-corrected chi connectivity index (χ1v) is 8.27. The third-order valence-corrected chi connectivity index (χ3v) is 4.36. The van der Waals surface area contributed by atoms with E-state index in [9.17, 15) is 0 Å². The summed E-state index contributed by atoms with van der Waals surface area (Å²) in [6.07, 6.45) is 0. The molecule has 3 rings (SSSR count). The van der Waals surface area contributed by atoms with Crippen LogP contribution in [0.2, 0.25) is 0 Å². The lowest BCUT2D eigenvalue weighted by molar-refractivity contribution is 1.40. The van der Waals surface area contributed by atoms with Crippen molar-refractivity contribution in [1.29, 1.82) is 0 Å². The third-order valence-electron chi connectivity index (χ3n) is 3.75. The van der Waals surface area contributed by atoms with Gasteiger partial charge in [-0.15, -0.1) is 23.2 Å². The van der Waals surface area contributed by atoms with E-state index < -0.39 is 0 Å². The summed E-state index contributed by atoms with van der Waals surface area (Å²) < 4.78 is 0. The van der Waals surface area contributed by atoms with Crippen LogP contribution in [-0.2, 0) is 11.8 Å². The van der Waals surface area contributed by atoms with E-state index in [1.807, 2.05) is 0 Å². The lowest BCUT2D eigenvalue weighted by Gasteiger charge is -2.07. The van der Waals surface area contributed by atoms with Gasteiger partial charge in [-0.05, 0) is 39.4 Å². The van der Waals surface area contributed by atoms with Crippen molar-refractivity contribution in [3.05, 3.63) is 83.9 Å². The molecule has 0 heterocycles. The standard InChI is InChI=1S/C20H16Cl2/c21-13-15-4-8-17(9-5-15)19-2-1-3-20(12-19)18-10-6-16(14-22)7-11-18/h1-12H,13-14H2. The number of halogens is 2. The summed E-state index contributed by atoms with van der Waals surface area (Å²) in [6, 6.07) is 25.3. The second kappa shape index (κ2) is 7.00. The van der Waals surface area contributed by atoms with Gasteiger partial charge in [0.15, 0.2) is 0 Å². The van der Waals surface area contributed by atoms with E-state index in [0.717, 1.165) is 11.1 Å². The van der Waals surface area contributed by atoms with Gasteiger partial charge in [-0.25, -0.2) is 0 Å². The van der Waals surface area contributed by atoms with Crippen LogP contribution in [0.1, 0.15) is 11.1 Å². The van der Waals surface area contributed by atoms with Crippen molar-refractivity contribution in [1.82, 2.24) is 0 Å². The van der Waals surface area contributed by atoms with Crippen molar-refractivity contribution in [3.63, 3.8) is 0 Å². The first-order chi connectivity index (χ1) is 10.8. The van der Waals surface area contributed by atoms with E-state index in [0.29, 0.717) is 11.8 Å². The molecule has 0 nitrogen and oxygen atoms in total. The van der Waals surface area contributed by atoms with Crippen LogP contribution >= 0.6 is 23.2 Å². The molecule has 0 aromatic heterocycles. The summed E-state index contributed by atoms with van der Waals surface area (Å²) in [4.78, 5) is 0. The van der Waals surface area contributed by atoms with Gasteiger partial charge in [0.25, 0.3) is 0 Å². The van der Waals surface area contributed by atoms with Crippen LogP contribution in [0, 0.1) is 0 Å². The van der Waals surface area contributed by atoms with Gasteiger partial charge in [0.05, 0.1) is 0 Å². The Morgan fingerprint density at radius 1 is 0.500 bits per heavy atom. The minimum Gasteiger partial charge on any atom is -0.122 e. The van der Waals surface area contributed by atoms with Gasteiger partial charge in [0.2, 0.25) is 0 Å². The number of benzene rings is 3. The smallest absolute Gasteiger partial charge is 0.0474 e. The Hall–Kier alpha value is -1.76. The normalized spacial score (nSPS) is 10.6. The second-order valence-electron chi connectivity index (χ2n) is 5.24. The number of rotatable bonds is 4. The zero-order valence-corrected chi connectivity index (χ0v) is 13.6. The SMILES string of the molecule is ClCc1ccc(-c2cccc(-c3ccc(CCl)cc3)c2)cc1. The molecular weight excluding hydrogens is 311 g/mol. The topological polar surface area (TPSA) is 0 Å². The maximum absolute atomic E-state index is 5.85. The molecular formula is C20H16Cl2.